The van der Waals surface area contributed by atoms with E-state index in [4.69, 9.17) is 19.2 Å². The van der Waals surface area contributed by atoms with Gasteiger partial charge in [-0.15, -0.1) is 0 Å². The zero-order valence-electron chi connectivity index (χ0n) is 11.7. The third-order valence-electron chi connectivity index (χ3n) is 2.23. The van der Waals surface area contributed by atoms with E-state index in [9.17, 15) is 4.57 Å². The van der Waals surface area contributed by atoms with Crippen molar-refractivity contribution in [2.45, 2.75) is 46.5 Å². The molecule has 0 aromatic heterocycles. The maximum Gasteiger partial charge on any atom is 0.339 e. The summed E-state index contributed by atoms with van der Waals surface area (Å²) in [6.45, 7) is 7.06. The van der Waals surface area contributed by atoms with Crippen molar-refractivity contribution in [3.05, 3.63) is 0 Å². The molecular weight excluding hydrogens is 253 g/mol. The molecule has 0 radical (unpaired) electrons. The van der Waals surface area contributed by atoms with Crippen LogP contribution < -0.4 is 0 Å². The molecule has 108 valence electrons. The van der Waals surface area contributed by atoms with Gasteiger partial charge in [-0.25, -0.2) is 0 Å². The third kappa shape index (κ3) is 8.67. The normalized spacial score (nSPS) is 11.5. The van der Waals surface area contributed by atoms with E-state index >= 15 is 0 Å². The van der Waals surface area contributed by atoms with Gasteiger partial charge < -0.3 is 13.8 Å². The molecule has 0 rings (SSSR count). The Labute approximate surface area is 110 Å². The number of nitrogens with one attached hydrogen (secondary N) is 1. The number of hydrogen-bond donors (Lipinski definition) is 1. The summed E-state index contributed by atoms with van der Waals surface area (Å²) in [5.41, 5.74) is 0. The summed E-state index contributed by atoms with van der Waals surface area (Å²) >= 11 is 0. The van der Waals surface area contributed by atoms with E-state index in [-0.39, 0.29) is 12.1 Å². The quantitative estimate of drug-likeness (QED) is 0.270. The predicted octanol–water partition coefficient (Wildman–Crippen LogP) is 3.83. The predicted molar refractivity (Wildman–Crippen MR) is 73.5 cm³/mol. The number of ether oxygens (including phenoxy) is 1. The standard InChI is InChI=1S/C12H26NO4P/c1-4-7-9-16-18(14,17-10-8-5-2)11-12(13)15-6-3/h13H,4-11H2,1-3H3. The lowest BCUT2D eigenvalue weighted by molar-refractivity contribution is 0.200. The van der Waals surface area contributed by atoms with Crippen LogP contribution in [0.25, 0.3) is 0 Å². The van der Waals surface area contributed by atoms with Crippen LogP contribution in [0.5, 0.6) is 0 Å². The largest absolute Gasteiger partial charge is 0.481 e. The average molecular weight is 279 g/mol. The molecule has 18 heavy (non-hydrogen) atoms. The van der Waals surface area contributed by atoms with Crippen LogP contribution in [-0.4, -0.2) is 31.9 Å². The Hall–Kier alpha value is -0.380. The highest BCUT2D eigenvalue weighted by Crippen LogP contribution is 2.48. The van der Waals surface area contributed by atoms with Gasteiger partial charge in [0, 0.05) is 0 Å². The van der Waals surface area contributed by atoms with Crippen molar-refractivity contribution < 1.29 is 18.3 Å². The van der Waals surface area contributed by atoms with Crippen LogP contribution in [0.4, 0.5) is 0 Å². The molecule has 1 N–H and O–H groups in total. The minimum absolute atomic E-state index is 0.0335. The number of hydrogen-bond acceptors (Lipinski definition) is 5. The molecule has 5 nitrogen and oxygen atoms in total. The summed E-state index contributed by atoms with van der Waals surface area (Å²) in [5.74, 6) is -0.0335. The molecule has 0 saturated heterocycles. The number of unbranched alkanes of at least 4 members (excludes halogenated alkanes) is 2. The Balaban J connectivity index is 4.28. The SMILES string of the molecule is CCCCOP(=O)(CC(=N)OCC)OCCCC. The summed E-state index contributed by atoms with van der Waals surface area (Å²) in [6, 6.07) is 0. The first-order valence-corrected chi connectivity index (χ1v) is 8.39. The summed E-state index contributed by atoms with van der Waals surface area (Å²) in [4.78, 5) is 0. The molecule has 0 atom stereocenters. The Morgan fingerprint density at radius 2 is 1.56 bits per heavy atom. The van der Waals surface area contributed by atoms with Crippen LogP contribution in [0.1, 0.15) is 46.5 Å². The van der Waals surface area contributed by atoms with Gasteiger partial charge in [0.2, 0.25) is 0 Å². The molecule has 0 aliphatic carbocycles. The zero-order valence-corrected chi connectivity index (χ0v) is 12.6. The molecule has 0 bridgehead atoms. The molecule has 0 aromatic rings. The monoisotopic (exact) mass is 279 g/mol. The molecule has 0 heterocycles. The second-order valence-corrected chi connectivity index (χ2v) is 6.05. The first-order valence-electron chi connectivity index (χ1n) is 6.66. The molecule has 0 aromatic carbocycles. The van der Waals surface area contributed by atoms with E-state index in [0.29, 0.717) is 19.8 Å². The second-order valence-electron chi connectivity index (χ2n) is 4.00. The molecule has 0 aliphatic heterocycles. The molecule has 0 fully saturated rings. The lowest BCUT2D eigenvalue weighted by Crippen LogP contribution is -2.13. The fraction of sp³-hybridized carbons (Fsp3) is 0.917. The first kappa shape index (κ1) is 17.6. The Morgan fingerprint density at radius 3 is 1.94 bits per heavy atom. The van der Waals surface area contributed by atoms with Crippen molar-refractivity contribution in [3.63, 3.8) is 0 Å². The van der Waals surface area contributed by atoms with Gasteiger partial charge in [-0.1, -0.05) is 26.7 Å². The van der Waals surface area contributed by atoms with Crippen molar-refractivity contribution in [2.75, 3.05) is 26.0 Å². The molecule has 0 spiro atoms. The third-order valence-corrected chi connectivity index (χ3v) is 4.05. The topological polar surface area (TPSA) is 68.6 Å². The molecule has 0 unspecified atom stereocenters. The lowest BCUT2D eigenvalue weighted by atomic mass is 10.4. The fourth-order valence-corrected chi connectivity index (χ4v) is 2.73. The van der Waals surface area contributed by atoms with Crippen molar-refractivity contribution in [1.29, 1.82) is 5.41 Å². The van der Waals surface area contributed by atoms with Gasteiger partial charge in [-0.2, -0.15) is 0 Å². The maximum absolute atomic E-state index is 12.4. The van der Waals surface area contributed by atoms with Crippen LogP contribution >= 0.6 is 7.60 Å². The van der Waals surface area contributed by atoms with Gasteiger partial charge in [0.15, 0.2) is 5.90 Å². The smallest absolute Gasteiger partial charge is 0.339 e. The minimum Gasteiger partial charge on any atom is -0.481 e. The highest BCUT2D eigenvalue weighted by Gasteiger charge is 2.27. The Kier molecular flexibility index (Phi) is 10.3. The van der Waals surface area contributed by atoms with Gasteiger partial charge in [-0.05, 0) is 19.8 Å². The summed E-state index contributed by atoms with van der Waals surface area (Å²) in [6.07, 6.45) is 3.54. The van der Waals surface area contributed by atoms with Gasteiger partial charge in [0.1, 0.15) is 6.16 Å². The number of rotatable bonds is 11. The summed E-state index contributed by atoms with van der Waals surface area (Å²) < 4.78 is 28.1. The van der Waals surface area contributed by atoms with Gasteiger partial charge in [-0.3, -0.25) is 9.97 Å². The zero-order chi connectivity index (χ0) is 13.9. The Morgan fingerprint density at radius 1 is 1.06 bits per heavy atom. The Bertz CT molecular complexity index is 257. The highest BCUT2D eigenvalue weighted by molar-refractivity contribution is 7.54. The van der Waals surface area contributed by atoms with E-state index in [1.54, 1.807) is 6.92 Å². The second kappa shape index (κ2) is 10.5. The van der Waals surface area contributed by atoms with Crippen LogP contribution in [0.15, 0.2) is 0 Å². The van der Waals surface area contributed by atoms with E-state index in [1.807, 2.05) is 13.8 Å². The summed E-state index contributed by atoms with van der Waals surface area (Å²) in [7, 11) is -3.21. The van der Waals surface area contributed by atoms with E-state index in [1.165, 1.54) is 0 Å². The van der Waals surface area contributed by atoms with Crippen molar-refractivity contribution >= 4 is 13.5 Å². The molecule has 0 amide bonds. The van der Waals surface area contributed by atoms with Crippen LogP contribution in [0, 0.1) is 5.41 Å². The molecule has 0 aliphatic rings. The van der Waals surface area contributed by atoms with Crippen LogP contribution in [0.2, 0.25) is 0 Å². The lowest BCUT2D eigenvalue weighted by Gasteiger charge is -2.18. The summed E-state index contributed by atoms with van der Waals surface area (Å²) in [5, 5.41) is 7.55. The molecule has 6 heteroatoms. The van der Waals surface area contributed by atoms with Crippen LogP contribution in [0.3, 0.4) is 0 Å². The van der Waals surface area contributed by atoms with Gasteiger partial charge >= 0.3 is 7.60 Å². The fourth-order valence-electron chi connectivity index (χ4n) is 1.22. The van der Waals surface area contributed by atoms with Crippen molar-refractivity contribution in [1.82, 2.24) is 0 Å². The van der Waals surface area contributed by atoms with Gasteiger partial charge in [0.05, 0.1) is 19.8 Å². The van der Waals surface area contributed by atoms with E-state index in [2.05, 4.69) is 0 Å². The minimum atomic E-state index is -3.21. The van der Waals surface area contributed by atoms with Crippen molar-refractivity contribution in [3.8, 4) is 0 Å². The molecular formula is C12H26NO4P. The highest BCUT2D eigenvalue weighted by atomic mass is 31.2. The maximum atomic E-state index is 12.4. The first-order chi connectivity index (χ1) is 8.58. The molecule has 0 saturated carbocycles. The van der Waals surface area contributed by atoms with E-state index in [0.717, 1.165) is 25.7 Å². The van der Waals surface area contributed by atoms with Gasteiger partial charge in [0.25, 0.3) is 0 Å². The van der Waals surface area contributed by atoms with E-state index < -0.39 is 7.60 Å². The van der Waals surface area contributed by atoms with Crippen molar-refractivity contribution in [2.24, 2.45) is 0 Å². The van der Waals surface area contributed by atoms with Crippen LogP contribution in [-0.2, 0) is 18.3 Å². The average Bonchev–Trinajstić information content (AvgIpc) is 2.30.